The minimum atomic E-state index is -0.250. The van der Waals surface area contributed by atoms with Crippen LogP contribution in [0.5, 0.6) is 0 Å². The number of hydrogen-bond donors (Lipinski definition) is 1. The average molecular weight is 278 g/mol. The van der Waals surface area contributed by atoms with E-state index in [2.05, 4.69) is 42.4 Å². The number of nitrogens with zero attached hydrogens (tertiary/aromatic N) is 3. The van der Waals surface area contributed by atoms with Crippen LogP contribution in [0.1, 0.15) is 28.4 Å². The van der Waals surface area contributed by atoms with Crippen molar-refractivity contribution in [3.63, 3.8) is 0 Å². The molecule has 1 atom stereocenters. The highest BCUT2D eigenvalue weighted by molar-refractivity contribution is 5.38. The standard InChI is InChI=1S/C17H18N4/c1-12-8-9-14(10-13(12)2)17(18)16-11-19-20-21(16)15-6-4-3-5-7-15/h3-11,17H,18H2,1-2H3. The Morgan fingerprint density at radius 2 is 1.76 bits per heavy atom. The zero-order chi connectivity index (χ0) is 14.8. The minimum absolute atomic E-state index is 0.250. The van der Waals surface area contributed by atoms with Crippen molar-refractivity contribution in [2.75, 3.05) is 0 Å². The average Bonchev–Trinajstić information content (AvgIpc) is 2.99. The van der Waals surface area contributed by atoms with Crippen molar-refractivity contribution in [1.29, 1.82) is 0 Å². The Labute approximate surface area is 124 Å². The number of hydrogen-bond acceptors (Lipinski definition) is 3. The molecule has 0 bridgehead atoms. The quantitative estimate of drug-likeness (QED) is 0.801. The van der Waals surface area contributed by atoms with E-state index in [0.717, 1.165) is 16.9 Å². The smallest absolute Gasteiger partial charge is 0.0858 e. The summed E-state index contributed by atoms with van der Waals surface area (Å²) in [5.74, 6) is 0. The number of benzene rings is 2. The molecule has 4 heteroatoms. The molecular formula is C17H18N4. The van der Waals surface area contributed by atoms with Gasteiger partial charge in [-0.3, -0.25) is 0 Å². The van der Waals surface area contributed by atoms with Crippen molar-refractivity contribution in [2.24, 2.45) is 5.73 Å². The van der Waals surface area contributed by atoms with Crippen LogP contribution >= 0.6 is 0 Å². The van der Waals surface area contributed by atoms with E-state index in [-0.39, 0.29) is 6.04 Å². The number of aromatic nitrogens is 3. The number of aryl methyl sites for hydroxylation is 2. The fourth-order valence-electron chi connectivity index (χ4n) is 2.35. The Morgan fingerprint density at radius 3 is 2.48 bits per heavy atom. The van der Waals surface area contributed by atoms with Gasteiger partial charge in [-0.1, -0.05) is 41.6 Å². The van der Waals surface area contributed by atoms with Crippen LogP contribution in [-0.2, 0) is 0 Å². The van der Waals surface area contributed by atoms with Gasteiger partial charge in [0.1, 0.15) is 0 Å². The van der Waals surface area contributed by atoms with Crippen LogP contribution in [0.15, 0.2) is 54.7 Å². The lowest BCUT2D eigenvalue weighted by molar-refractivity contribution is 0.719. The zero-order valence-electron chi connectivity index (χ0n) is 12.2. The molecule has 1 unspecified atom stereocenters. The molecule has 0 amide bonds. The summed E-state index contributed by atoms with van der Waals surface area (Å²) in [5, 5.41) is 8.18. The molecule has 21 heavy (non-hydrogen) atoms. The molecule has 106 valence electrons. The molecule has 3 aromatic rings. The minimum Gasteiger partial charge on any atom is -0.319 e. The highest BCUT2D eigenvalue weighted by atomic mass is 15.4. The van der Waals surface area contributed by atoms with E-state index >= 15 is 0 Å². The highest BCUT2D eigenvalue weighted by Crippen LogP contribution is 2.23. The summed E-state index contributed by atoms with van der Waals surface area (Å²) in [5.41, 5.74) is 11.8. The molecule has 1 aromatic heterocycles. The molecule has 0 spiro atoms. The number of nitrogens with two attached hydrogens (primary N) is 1. The molecule has 0 saturated carbocycles. The third kappa shape index (κ3) is 2.58. The SMILES string of the molecule is Cc1ccc(C(N)c2cnnn2-c2ccccc2)cc1C. The first-order valence-corrected chi connectivity index (χ1v) is 6.95. The summed E-state index contributed by atoms with van der Waals surface area (Å²) >= 11 is 0. The van der Waals surface area contributed by atoms with E-state index in [1.807, 2.05) is 30.3 Å². The topological polar surface area (TPSA) is 56.7 Å². The van der Waals surface area contributed by atoms with Crippen molar-refractivity contribution >= 4 is 0 Å². The molecule has 2 aromatic carbocycles. The predicted octanol–water partition coefficient (Wildman–Crippen LogP) is 2.93. The van der Waals surface area contributed by atoms with Crippen LogP contribution in [0, 0.1) is 13.8 Å². The van der Waals surface area contributed by atoms with E-state index in [0.29, 0.717) is 0 Å². The monoisotopic (exact) mass is 278 g/mol. The summed E-state index contributed by atoms with van der Waals surface area (Å²) in [6.45, 7) is 4.19. The van der Waals surface area contributed by atoms with Crippen molar-refractivity contribution in [3.05, 3.63) is 77.1 Å². The van der Waals surface area contributed by atoms with Crippen LogP contribution < -0.4 is 5.73 Å². The van der Waals surface area contributed by atoms with E-state index in [9.17, 15) is 0 Å². The maximum Gasteiger partial charge on any atom is 0.0858 e. The normalized spacial score (nSPS) is 12.3. The first-order valence-electron chi connectivity index (χ1n) is 6.95. The zero-order valence-corrected chi connectivity index (χ0v) is 12.2. The lowest BCUT2D eigenvalue weighted by Gasteiger charge is -2.15. The molecule has 0 saturated heterocycles. The molecule has 0 radical (unpaired) electrons. The Balaban J connectivity index is 2.01. The second-order valence-electron chi connectivity index (χ2n) is 5.23. The second kappa shape index (κ2) is 5.50. The molecule has 3 rings (SSSR count). The van der Waals surface area contributed by atoms with E-state index in [1.165, 1.54) is 11.1 Å². The fourth-order valence-corrected chi connectivity index (χ4v) is 2.35. The second-order valence-corrected chi connectivity index (χ2v) is 5.23. The summed E-state index contributed by atoms with van der Waals surface area (Å²) in [6.07, 6.45) is 1.73. The van der Waals surface area contributed by atoms with Crippen LogP contribution in [0.3, 0.4) is 0 Å². The molecule has 2 N–H and O–H groups in total. The van der Waals surface area contributed by atoms with Gasteiger partial charge in [-0.2, -0.15) is 0 Å². The fraction of sp³-hybridized carbons (Fsp3) is 0.176. The Bertz CT molecular complexity index is 746. The third-order valence-electron chi connectivity index (χ3n) is 3.79. The van der Waals surface area contributed by atoms with Gasteiger partial charge in [0, 0.05) is 0 Å². The van der Waals surface area contributed by atoms with Crippen LogP contribution in [0.2, 0.25) is 0 Å². The lowest BCUT2D eigenvalue weighted by Crippen LogP contribution is -2.17. The van der Waals surface area contributed by atoms with Gasteiger partial charge in [-0.15, -0.1) is 5.10 Å². The van der Waals surface area contributed by atoms with E-state index < -0.39 is 0 Å². The van der Waals surface area contributed by atoms with Crippen molar-refractivity contribution in [2.45, 2.75) is 19.9 Å². The van der Waals surface area contributed by atoms with Gasteiger partial charge in [-0.25, -0.2) is 4.68 Å². The van der Waals surface area contributed by atoms with Crippen LogP contribution in [-0.4, -0.2) is 15.0 Å². The van der Waals surface area contributed by atoms with E-state index in [1.54, 1.807) is 10.9 Å². The Morgan fingerprint density at radius 1 is 1.00 bits per heavy atom. The highest BCUT2D eigenvalue weighted by Gasteiger charge is 2.16. The maximum atomic E-state index is 6.42. The molecule has 1 heterocycles. The van der Waals surface area contributed by atoms with Gasteiger partial charge < -0.3 is 5.73 Å². The van der Waals surface area contributed by atoms with E-state index in [4.69, 9.17) is 5.73 Å². The molecule has 0 fully saturated rings. The van der Waals surface area contributed by atoms with Crippen molar-refractivity contribution in [3.8, 4) is 5.69 Å². The molecule has 0 aliphatic rings. The molecule has 4 nitrogen and oxygen atoms in total. The Kier molecular flexibility index (Phi) is 3.54. The van der Waals surface area contributed by atoms with Crippen LogP contribution in [0.25, 0.3) is 5.69 Å². The maximum absolute atomic E-state index is 6.42. The first-order chi connectivity index (χ1) is 10.2. The number of para-hydroxylation sites is 1. The number of rotatable bonds is 3. The van der Waals surface area contributed by atoms with Gasteiger partial charge in [-0.05, 0) is 42.7 Å². The molecule has 0 aliphatic heterocycles. The largest absolute Gasteiger partial charge is 0.319 e. The van der Waals surface area contributed by atoms with Gasteiger partial charge >= 0.3 is 0 Å². The van der Waals surface area contributed by atoms with Crippen LogP contribution in [0.4, 0.5) is 0 Å². The van der Waals surface area contributed by atoms with Crippen molar-refractivity contribution < 1.29 is 0 Å². The van der Waals surface area contributed by atoms with Gasteiger partial charge in [0.15, 0.2) is 0 Å². The van der Waals surface area contributed by atoms with Gasteiger partial charge in [0.05, 0.1) is 23.6 Å². The third-order valence-corrected chi connectivity index (χ3v) is 3.79. The Hall–Kier alpha value is -2.46. The first kappa shape index (κ1) is 13.5. The summed E-state index contributed by atoms with van der Waals surface area (Å²) < 4.78 is 1.79. The predicted molar refractivity (Wildman–Crippen MR) is 83.3 cm³/mol. The molecule has 0 aliphatic carbocycles. The summed E-state index contributed by atoms with van der Waals surface area (Å²) in [4.78, 5) is 0. The molecular weight excluding hydrogens is 260 g/mol. The summed E-state index contributed by atoms with van der Waals surface area (Å²) in [6, 6.07) is 15.9. The lowest BCUT2D eigenvalue weighted by atomic mass is 10.00. The van der Waals surface area contributed by atoms with Gasteiger partial charge in [0.25, 0.3) is 0 Å². The van der Waals surface area contributed by atoms with Crippen molar-refractivity contribution in [1.82, 2.24) is 15.0 Å². The summed E-state index contributed by atoms with van der Waals surface area (Å²) in [7, 11) is 0. The van der Waals surface area contributed by atoms with Gasteiger partial charge in [0.2, 0.25) is 0 Å².